The summed E-state index contributed by atoms with van der Waals surface area (Å²) >= 11 is 0. The van der Waals surface area contributed by atoms with Gasteiger partial charge in [0.15, 0.2) is 0 Å². The number of sulfonamides is 1. The largest absolute Gasteiger partial charge is 0.550 e. The van der Waals surface area contributed by atoms with Gasteiger partial charge in [-0.15, -0.1) is 0 Å². The van der Waals surface area contributed by atoms with Gasteiger partial charge < -0.3 is 9.90 Å². The third-order valence-corrected chi connectivity index (χ3v) is 5.51. The quantitative estimate of drug-likeness (QED) is 0.872. The number of benzene rings is 1. The standard InChI is InChI=1S/C15H21NO4S/c1-11-2-8-14(9-3-11)21(19,20)16-10-12-4-6-13(7-5-12)15(17)18/h2-3,8-9,12-13,16H,4-7,10H2,1H3,(H,17,18)/p-1. The molecule has 0 amide bonds. The number of hydrogen-bond acceptors (Lipinski definition) is 4. The number of aryl methyl sites for hydroxylation is 1. The first-order valence-corrected chi connectivity index (χ1v) is 8.64. The molecule has 0 bridgehead atoms. The fraction of sp³-hybridized carbons (Fsp3) is 0.533. The molecule has 1 aromatic rings. The van der Waals surface area contributed by atoms with Crippen LogP contribution in [0.2, 0.25) is 0 Å². The van der Waals surface area contributed by atoms with Crippen molar-refractivity contribution in [2.75, 3.05) is 6.54 Å². The van der Waals surface area contributed by atoms with E-state index in [1.54, 1.807) is 24.3 Å². The Balaban J connectivity index is 1.88. The molecule has 6 heteroatoms. The van der Waals surface area contributed by atoms with Crippen molar-refractivity contribution >= 4 is 16.0 Å². The first kappa shape index (κ1) is 16.0. The van der Waals surface area contributed by atoms with E-state index >= 15 is 0 Å². The second-order valence-corrected chi connectivity index (χ2v) is 7.47. The summed E-state index contributed by atoms with van der Waals surface area (Å²) in [6.07, 6.45) is 2.57. The lowest BCUT2D eigenvalue weighted by Crippen LogP contribution is -2.36. The molecule has 116 valence electrons. The van der Waals surface area contributed by atoms with E-state index in [4.69, 9.17) is 0 Å². The Kier molecular flexibility index (Phi) is 5.00. The second kappa shape index (κ2) is 6.58. The lowest BCUT2D eigenvalue weighted by atomic mass is 9.82. The van der Waals surface area contributed by atoms with Gasteiger partial charge in [-0.2, -0.15) is 0 Å². The summed E-state index contributed by atoms with van der Waals surface area (Å²) in [7, 11) is -3.48. The van der Waals surface area contributed by atoms with E-state index in [9.17, 15) is 18.3 Å². The van der Waals surface area contributed by atoms with Crippen LogP contribution in [0.1, 0.15) is 31.2 Å². The van der Waals surface area contributed by atoms with Crippen molar-refractivity contribution in [2.45, 2.75) is 37.5 Å². The van der Waals surface area contributed by atoms with Crippen LogP contribution < -0.4 is 9.83 Å². The maximum absolute atomic E-state index is 12.1. The Bertz CT molecular complexity index is 587. The van der Waals surface area contributed by atoms with Crippen molar-refractivity contribution in [3.8, 4) is 0 Å². The van der Waals surface area contributed by atoms with Gasteiger partial charge >= 0.3 is 0 Å². The van der Waals surface area contributed by atoms with E-state index in [-0.39, 0.29) is 16.7 Å². The number of rotatable bonds is 5. The maximum Gasteiger partial charge on any atom is 0.240 e. The zero-order valence-electron chi connectivity index (χ0n) is 12.0. The molecule has 0 heterocycles. The Hall–Kier alpha value is -1.40. The Morgan fingerprint density at radius 2 is 1.76 bits per heavy atom. The second-order valence-electron chi connectivity index (χ2n) is 5.70. The molecular formula is C15H20NO4S-. The Morgan fingerprint density at radius 1 is 1.19 bits per heavy atom. The van der Waals surface area contributed by atoms with Crippen LogP contribution in [-0.2, 0) is 14.8 Å². The molecule has 1 N–H and O–H groups in total. The third-order valence-electron chi connectivity index (χ3n) is 4.07. The molecule has 1 aromatic carbocycles. The van der Waals surface area contributed by atoms with Crippen molar-refractivity contribution in [1.29, 1.82) is 0 Å². The minimum atomic E-state index is -3.48. The van der Waals surface area contributed by atoms with E-state index in [0.29, 0.717) is 19.4 Å². The van der Waals surface area contributed by atoms with Gasteiger partial charge in [0.1, 0.15) is 0 Å². The smallest absolute Gasteiger partial charge is 0.240 e. The molecule has 0 aromatic heterocycles. The van der Waals surface area contributed by atoms with E-state index in [1.807, 2.05) is 6.92 Å². The Morgan fingerprint density at radius 3 is 2.29 bits per heavy atom. The molecular weight excluding hydrogens is 290 g/mol. The minimum absolute atomic E-state index is 0.195. The fourth-order valence-electron chi connectivity index (χ4n) is 2.63. The van der Waals surface area contributed by atoms with Crippen LogP contribution in [0.4, 0.5) is 0 Å². The monoisotopic (exact) mass is 310 g/mol. The van der Waals surface area contributed by atoms with Crippen LogP contribution in [-0.4, -0.2) is 20.9 Å². The molecule has 1 saturated carbocycles. The minimum Gasteiger partial charge on any atom is -0.550 e. The SMILES string of the molecule is Cc1ccc(S(=O)(=O)NCC2CCC(C(=O)[O-])CC2)cc1. The average Bonchev–Trinajstić information content (AvgIpc) is 2.46. The molecule has 1 aliphatic carbocycles. The molecule has 0 spiro atoms. The summed E-state index contributed by atoms with van der Waals surface area (Å²) < 4.78 is 26.9. The van der Waals surface area contributed by atoms with Crippen LogP contribution in [0.5, 0.6) is 0 Å². The van der Waals surface area contributed by atoms with Gasteiger partial charge in [0.05, 0.1) is 4.90 Å². The highest BCUT2D eigenvalue weighted by molar-refractivity contribution is 7.89. The summed E-state index contributed by atoms with van der Waals surface area (Å²) in [6, 6.07) is 6.70. The number of aliphatic carboxylic acids is 1. The predicted octanol–water partition coefficient (Wildman–Crippen LogP) is 0.830. The van der Waals surface area contributed by atoms with E-state index in [2.05, 4.69) is 4.72 Å². The van der Waals surface area contributed by atoms with Crippen molar-refractivity contribution in [1.82, 2.24) is 4.72 Å². The van der Waals surface area contributed by atoms with Crippen LogP contribution in [0.15, 0.2) is 29.2 Å². The first-order chi connectivity index (χ1) is 9.88. The summed E-state index contributed by atoms with van der Waals surface area (Å²) in [4.78, 5) is 11.0. The number of nitrogens with one attached hydrogen (secondary N) is 1. The van der Waals surface area contributed by atoms with Gasteiger partial charge in [-0.25, -0.2) is 13.1 Å². The van der Waals surface area contributed by atoms with Gasteiger partial charge in [-0.05, 0) is 56.6 Å². The fourth-order valence-corrected chi connectivity index (χ4v) is 3.75. The molecule has 0 unspecified atom stereocenters. The van der Waals surface area contributed by atoms with Crippen molar-refractivity contribution in [2.24, 2.45) is 11.8 Å². The first-order valence-electron chi connectivity index (χ1n) is 7.15. The molecule has 0 atom stereocenters. The lowest BCUT2D eigenvalue weighted by Gasteiger charge is -2.29. The number of carbonyl (C=O) groups excluding carboxylic acids is 1. The van der Waals surface area contributed by atoms with Crippen LogP contribution >= 0.6 is 0 Å². The normalized spacial score (nSPS) is 22.9. The topological polar surface area (TPSA) is 86.3 Å². The molecule has 21 heavy (non-hydrogen) atoms. The van der Waals surface area contributed by atoms with Crippen molar-refractivity contribution < 1.29 is 18.3 Å². The van der Waals surface area contributed by atoms with Gasteiger partial charge in [0.2, 0.25) is 10.0 Å². The molecule has 2 rings (SSSR count). The number of carbonyl (C=O) groups is 1. The van der Waals surface area contributed by atoms with Crippen LogP contribution in [0.25, 0.3) is 0 Å². The molecule has 0 aliphatic heterocycles. The zero-order chi connectivity index (χ0) is 15.5. The van der Waals surface area contributed by atoms with Gasteiger partial charge in [0.25, 0.3) is 0 Å². The summed E-state index contributed by atoms with van der Waals surface area (Å²) in [5.41, 5.74) is 1.01. The van der Waals surface area contributed by atoms with Crippen molar-refractivity contribution in [3.05, 3.63) is 29.8 Å². The van der Waals surface area contributed by atoms with E-state index in [1.165, 1.54) is 0 Å². The molecule has 1 fully saturated rings. The Labute approximate surface area is 125 Å². The average molecular weight is 310 g/mol. The molecule has 0 saturated heterocycles. The summed E-state index contributed by atoms with van der Waals surface area (Å²) in [6.45, 7) is 2.26. The van der Waals surface area contributed by atoms with E-state index in [0.717, 1.165) is 18.4 Å². The van der Waals surface area contributed by atoms with Gasteiger partial charge in [-0.3, -0.25) is 0 Å². The van der Waals surface area contributed by atoms with Crippen molar-refractivity contribution in [3.63, 3.8) is 0 Å². The van der Waals surface area contributed by atoms with Crippen LogP contribution in [0, 0.1) is 18.8 Å². The van der Waals surface area contributed by atoms with E-state index < -0.39 is 16.0 Å². The summed E-state index contributed by atoms with van der Waals surface area (Å²) in [5.74, 6) is -1.18. The zero-order valence-corrected chi connectivity index (χ0v) is 12.9. The molecule has 1 aliphatic rings. The molecule has 5 nitrogen and oxygen atoms in total. The van der Waals surface area contributed by atoms with Gasteiger partial charge in [0, 0.05) is 12.5 Å². The third kappa shape index (κ3) is 4.28. The highest BCUT2D eigenvalue weighted by atomic mass is 32.2. The number of carboxylic acids is 1. The number of carboxylic acid groups (broad SMARTS) is 1. The summed E-state index contributed by atoms with van der Waals surface area (Å²) in [5, 5.41) is 10.8. The maximum atomic E-state index is 12.1. The number of hydrogen-bond donors (Lipinski definition) is 1. The van der Waals surface area contributed by atoms with Gasteiger partial charge in [-0.1, -0.05) is 17.7 Å². The lowest BCUT2D eigenvalue weighted by molar-refractivity contribution is -0.312. The van der Waals surface area contributed by atoms with Crippen LogP contribution in [0.3, 0.4) is 0 Å². The molecule has 0 radical (unpaired) electrons. The highest BCUT2D eigenvalue weighted by Crippen LogP contribution is 2.28. The predicted molar refractivity (Wildman–Crippen MR) is 76.8 cm³/mol. The highest BCUT2D eigenvalue weighted by Gasteiger charge is 2.23.